The van der Waals surface area contributed by atoms with Gasteiger partial charge in [0.1, 0.15) is 6.61 Å². The number of ether oxygens (including phenoxy) is 3. The predicted octanol–water partition coefficient (Wildman–Crippen LogP) is 5.14. The number of amides is 1. The third-order valence-corrected chi connectivity index (χ3v) is 5.48. The highest BCUT2D eigenvalue weighted by molar-refractivity contribution is 6.23. The summed E-state index contributed by atoms with van der Waals surface area (Å²) in [6.45, 7) is 11.7. The normalized spacial score (nSPS) is 14.6. The first-order valence-corrected chi connectivity index (χ1v) is 10.8. The third kappa shape index (κ3) is 4.85. The number of carbonyl (C=O) groups excluding carboxylic acids is 2. The van der Waals surface area contributed by atoms with Gasteiger partial charge in [0, 0.05) is 11.4 Å². The van der Waals surface area contributed by atoms with Crippen molar-refractivity contribution < 1.29 is 23.8 Å². The maximum atomic E-state index is 13.5. The number of nitrogens with zero attached hydrogens (tertiary/aromatic N) is 1. The van der Waals surface area contributed by atoms with Crippen LogP contribution in [0.2, 0.25) is 0 Å². The molecular formula is C27H29NO5. The predicted molar refractivity (Wildman–Crippen MR) is 129 cm³/mol. The van der Waals surface area contributed by atoms with Gasteiger partial charge in [-0.2, -0.15) is 0 Å². The molecule has 0 aromatic heterocycles. The van der Waals surface area contributed by atoms with E-state index in [1.807, 2.05) is 32.0 Å². The molecule has 0 saturated carbocycles. The molecule has 0 unspecified atom stereocenters. The number of benzene rings is 2. The molecule has 0 bridgehead atoms. The fourth-order valence-corrected chi connectivity index (χ4v) is 3.67. The average molecular weight is 448 g/mol. The molecule has 172 valence electrons. The molecule has 0 N–H and O–H groups in total. The Bertz CT molecular complexity index is 1160. The molecule has 0 aliphatic carbocycles. The van der Waals surface area contributed by atoms with Gasteiger partial charge in [0.25, 0.3) is 5.91 Å². The number of carbonyl (C=O) groups is 2. The topological polar surface area (TPSA) is 65.1 Å². The van der Waals surface area contributed by atoms with Gasteiger partial charge in [-0.05, 0) is 74.7 Å². The first-order chi connectivity index (χ1) is 15.8. The van der Waals surface area contributed by atoms with E-state index in [0.29, 0.717) is 35.1 Å². The number of esters is 1. The quantitative estimate of drug-likeness (QED) is 0.318. The Morgan fingerprint density at radius 2 is 1.82 bits per heavy atom. The van der Waals surface area contributed by atoms with Crippen molar-refractivity contribution in [2.45, 2.75) is 27.7 Å². The Morgan fingerprint density at radius 1 is 1.06 bits per heavy atom. The monoisotopic (exact) mass is 447 g/mol. The van der Waals surface area contributed by atoms with Crippen LogP contribution in [0, 0.1) is 13.8 Å². The molecule has 2 aromatic carbocycles. The first kappa shape index (κ1) is 23.9. The third-order valence-electron chi connectivity index (χ3n) is 5.48. The largest absolute Gasteiger partial charge is 0.493 e. The van der Waals surface area contributed by atoms with Gasteiger partial charge in [0.15, 0.2) is 11.5 Å². The van der Waals surface area contributed by atoms with E-state index in [1.54, 1.807) is 56.2 Å². The zero-order valence-corrected chi connectivity index (χ0v) is 19.7. The van der Waals surface area contributed by atoms with Gasteiger partial charge in [0.05, 0.1) is 24.9 Å². The molecule has 1 aliphatic rings. The zero-order valence-electron chi connectivity index (χ0n) is 19.7. The Kier molecular flexibility index (Phi) is 7.38. The lowest BCUT2D eigenvalue weighted by Crippen LogP contribution is -2.24. The minimum absolute atomic E-state index is 0.212. The molecule has 1 aliphatic heterocycles. The summed E-state index contributed by atoms with van der Waals surface area (Å²) in [5.41, 5.74) is 4.64. The lowest BCUT2D eigenvalue weighted by molar-refractivity contribution is -0.138. The molecular weight excluding hydrogens is 418 g/mol. The molecule has 0 saturated heterocycles. The van der Waals surface area contributed by atoms with Crippen LogP contribution in [0.1, 0.15) is 30.5 Å². The molecule has 1 heterocycles. The molecule has 6 nitrogen and oxygen atoms in total. The van der Waals surface area contributed by atoms with E-state index in [9.17, 15) is 9.59 Å². The Hall–Kier alpha value is -3.80. The van der Waals surface area contributed by atoms with Crippen LogP contribution in [-0.4, -0.2) is 32.2 Å². The highest BCUT2D eigenvalue weighted by Crippen LogP contribution is 2.37. The molecule has 2 aromatic rings. The molecule has 1 amide bonds. The average Bonchev–Trinajstić information content (AvgIpc) is 3.04. The van der Waals surface area contributed by atoms with Crippen molar-refractivity contribution in [2.75, 3.05) is 25.2 Å². The zero-order chi connectivity index (χ0) is 24.1. The maximum Gasteiger partial charge on any atom is 0.340 e. The van der Waals surface area contributed by atoms with E-state index in [0.717, 1.165) is 11.1 Å². The minimum atomic E-state index is -0.529. The number of hydrogen-bond acceptors (Lipinski definition) is 5. The molecule has 0 radical (unpaired) electrons. The standard InChI is InChI=1S/C27H29NO5/c1-7-13-33-23-12-10-20(16-24(23)31-6)15-22-25(27(30)32-8-2)19(5)28(26(22)29)21-11-9-17(3)18(4)14-21/h7,9-12,14-16H,1,8,13H2,2-6H3/b22-15-. The second-order valence-electron chi connectivity index (χ2n) is 7.66. The van der Waals surface area contributed by atoms with Crippen molar-refractivity contribution in [3.63, 3.8) is 0 Å². The summed E-state index contributed by atoms with van der Waals surface area (Å²) in [5.74, 6) is 0.260. The van der Waals surface area contributed by atoms with Crippen LogP contribution in [0.3, 0.4) is 0 Å². The fourth-order valence-electron chi connectivity index (χ4n) is 3.67. The van der Waals surface area contributed by atoms with E-state index in [4.69, 9.17) is 14.2 Å². The van der Waals surface area contributed by atoms with Crippen molar-refractivity contribution in [3.8, 4) is 11.5 Å². The Balaban J connectivity index is 2.10. The number of aryl methyl sites for hydroxylation is 2. The van der Waals surface area contributed by atoms with Crippen LogP contribution < -0.4 is 14.4 Å². The van der Waals surface area contributed by atoms with Crippen LogP contribution in [0.5, 0.6) is 11.5 Å². The summed E-state index contributed by atoms with van der Waals surface area (Å²) in [5, 5.41) is 0. The number of anilines is 1. The van der Waals surface area contributed by atoms with E-state index in [2.05, 4.69) is 6.58 Å². The smallest absolute Gasteiger partial charge is 0.340 e. The lowest BCUT2D eigenvalue weighted by Gasteiger charge is -2.19. The highest BCUT2D eigenvalue weighted by Gasteiger charge is 2.38. The Labute approximate surface area is 194 Å². The summed E-state index contributed by atoms with van der Waals surface area (Å²) < 4.78 is 16.3. The van der Waals surface area contributed by atoms with Crippen molar-refractivity contribution in [1.29, 1.82) is 0 Å². The van der Waals surface area contributed by atoms with Gasteiger partial charge in [-0.15, -0.1) is 0 Å². The summed E-state index contributed by atoms with van der Waals surface area (Å²) in [7, 11) is 1.54. The first-order valence-electron chi connectivity index (χ1n) is 10.8. The Morgan fingerprint density at radius 3 is 2.45 bits per heavy atom. The SMILES string of the molecule is C=CCOc1ccc(/C=C2\C(=O)N(c3ccc(C)c(C)c3)C(C)=C2C(=O)OCC)cc1OC. The van der Waals surface area contributed by atoms with Gasteiger partial charge in [-0.25, -0.2) is 4.79 Å². The molecule has 3 rings (SSSR count). The van der Waals surface area contributed by atoms with Gasteiger partial charge in [-0.3, -0.25) is 9.69 Å². The van der Waals surface area contributed by atoms with Crippen molar-refractivity contribution in [2.24, 2.45) is 0 Å². The van der Waals surface area contributed by atoms with Gasteiger partial charge in [-0.1, -0.05) is 24.8 Å². The summed E-state index contributed by atoms with van der Waals surface area (Å²) in [6.07, 6.45) is 3.33. The van der Waals surface area contributed by atoms with E-state index >= 15 is 0 Å². The fraction of sp³-hybridized carbons (Fsp3) is 0.259. The van der Waals surface area contributed by atoms with Gasteiger partial charge >= 0.3 is 5.97 Å². The van der Waals surface area contributed by atoms with Gasteiger partial charge in [0.2, 0.25) is 0 Å². The van der Waals surface area contributed by atoms with Crippen LogP contribution >= 0.6 is 0 Å². The molecule has 0 spiro atoms. The van der Waals surface area contributed by atoms with Crippen molar-refractivity contribution in [1.82, 2.24) is 0 Å². The van der Waals surface area contributed by atoms with Crippen molar-refractivity contribution >= 4 is 23.6 Å². The number of hydrogen-bond donors (Lipinski definition) is 0. The lowest BCUT2D eigenvalue weighted by atomic mass is 10.0. The highest BCUT2D eigenvalue weighted by atomic mass is 16.5. The van der Waals surface area contributed by atoms with Crippen LogP contribution in [-0.2, 0) is 14.3 Å². The van der Waals surface area contributed by atoms with Crippen LogP contribution in [0.25, 0.3) is 6.08 Å². The van der Waals surface area contributed by atoms with Crippen LogP contribution in [0.15, 0.2) is 65.9 Å². The van der Waals surface area contributed by atoms with E-state index in [1.165, 1.54) is 0 Å². The minimum Gasteiger partial charge on any atom is -0.493 e. The molecule has 33 heavy (non-hydrogen) atoms. The molecule has 0 fully saturated rings. The maximum absolute atomic E-state index is 13.5. The number of allylic oxidation sites excluding steroid dienone is 1. The van der Waals surface area contributed by atoms with Crippen molar-refractivity contribution in [3.05, 3.63) is 82.6 Å². The van der Waals surface area contributed by atoms with Gasteiger partial charge < -0.3 is 14.2 Å². The number of rotatable bonds is 8. The van der Waals surface area contributed by atoms with E-state index in [-0.39, 0.29) is 23.7 Å². The summed E-state index contributed by atoms with van der Waals surface area (Å²) >= 11 is 0. The molecule has 0 atom stereocenters. The van der Waals surface area contributed by atoms with E-state index < -0.39 is 5.97 Å². The molecule has 6 heteroatoms. The second-order valence-corrected chi connectivity index (χ2v) is 7.66. The number of methoxy groups -OCH3 is 1. The summed E-state index contributed by atoms with van der Waals surface area (Å²) in [6, 6.07) is 11.1. The summed E-state index contributed by atoms with van der Waals surface area (Å²) in [4.78, 5) is 27.9. The van der Waals surface area contributed by atoms with Crippen LogP contribution in [0.4, 0.5) is 5.69 Å². The second kappa shape index (κ2) is 10.2.